The Balaban J connectivity index is 2.67. The first kappa shape index (κ1) is 19.2. The predicted molar refractivity (Wildman–Crippen MR) is 91.5 cm³/mol. The Morgan fingerprint density at radius 2 is 1.61 bits per heavy atom. The minimum Gasteiger partial charge on any atom is -0.332 e. The standard InChI is InChI=1S/C18H29N3O2/c1-6-13(4)15-7-9-16(10-8-15)18(12(2)3)19-11-17(23)21-20-14(5)22/h7-10,12-13,18-19H,6,11H2,1-5H3,(H,20,22)(H,21,23)/p+1/t13-,18-/m1/s1. The molecule has 0 saturated heterocycles. The van der Waals surface area contributed by atoms with Crippen LogP contribution in [-0.4, -0.2) is 18.4 Å². The average molecular weight is 320 g/mol. The summed E-state index contributed by atoms with van der Waals surface area (Å²) < 4.78 is 0. The third kappa shape index (κ3) is 6.40. The predicted octanol–water partition coefficient (Wildman–Crippen LogP) is 1.63. The highest BCUT2D eigenvalue weighted by Crippen LogP contribution is 2.22. The summed E-state index contributed by atoms with van der Waals surface area (Å²) in [6.45, 7) is 10.4. The summed E-state index contributed by atoms with van der Waals surface area (Å²) in [5.41, 5.74) is 7.27. The zero-order valence-corrected chi connectivity index (χ0v) is 14.8. The molecule has 0 aliphatic rings. The Bertz CT molecular complexity index is 512. The van der Waals surface area contributed by atoms with Crippen molar-refractivity contribution in [2.75, 3.05) is 6.54 Å². The SMILES string of the molecule is CC[C@@H](C)c1ccc([C@H]([NH2+]CC(=O)NNC(C)=O)C(C)C)cc1. The molecule has 0 unspecified atom stereocenters. The van der Waals surface area contributed by atoms with Crippen molar-refractivity contribution in [3.05, 3.63) is 35.4 Å². The number of nitrogens with two attached hydrogens (primary N) is 1. The quantitative estimate of drug-likeness (QED) is 0.668. The van der Waals surface area contributed by atoms with Crippen molar-refractivity contribution in [1.82, 2.24) is 10.9 Å². The highest BCUT2D eigenvalue weighted by atomic mass is 16.2. The number of carbonyl (C=O) groups excluding carboxylic acids is 2. The van der Waals surface area contributed by atoms with Crippen LogP contribution < -0.4 is 16.2 Å². The molecule has 1 rings (SSSR count). The smallest absolute Gasteiger partial charge is 0.293 e. The van der Waals surface area contributed by atoms with E-state index in [-0.39, 0.29) is 24.4 Å². The van der Waals surface area contributed by atoms with Gasteiger partial charge in [-0.3, -0.25) is 20.4 Å². The zero-order valence-electron chi connectivity index (χ0n) is 14.8. The minimum atomic E-state index is -0.278. The van der Waals surface area contributed by atoms with E-state index in [1.807, 2.05) is 5.32 Å². The number of nitrogens with one attached hydrogen (secondary N) is 2. The van der Waals surface area contributed by atoms with Gasteiger partial charge in [0.15, 0.2) is 6.54 Å². The first-order valence-electron chi connectivity index (χ1n) is 8.33. The van der Waals surface area contributed by atoms with Crippen molar-refractivity contribution >= 4 is 11.8 Å². The lowest BCUT2D eigenvalue weighted by atomic mass is 9.92. The number of quaternary nitrogens is 1. The summed E-state index contributed by atoms with van der Waals surface area (Å²) in [5.74, 6) is 0.480. The molecule has 128 valence electrons. The van der Waals surface area contributed by atoms with Gasteiger partial charge in [0.25, 0.3) is 5.91 Å². The van der Waals surface area contributed by atoms with Crippen LogP contribution in [0.25, 0.3) is 0 Å². The number of rotatable bonds is 7. The van der Waals surface area contributed by atoms with Gasteiger partial charge in [-0.1, -0.05) is 52.0 Å². The molecule has 1 aromatic rings. The summed E-state index contributed by atoms with van der Waals surface area (Å²) in [6, 6.07) is 8.90. The lowest BCUT2D eigenvalue weighted by Crippen LogP contribution is -2.88. The molecule has 2 atom stereocenters. The Hall–Kier alpha value is -1.88. The van der Waals surface area contributed by atoms with Gasteiger partial charge < -0.3 is 5.32 Å². The molecule has 0 fully saturated rings. The molecule has 0 saturated carbocycles. The second-order valence-electron chi connectivity index (χ2n) is 6.41. The van der Waals surface area contributed by atoms with Crippen LogP contribution in [0.4, 0.5) is 0 Å². The molecule has 0 bridgehead atoms. The lowest BCUT2D eigenvalue weighted by molar-refractivity contribution is -0.692. The summed E-state index contributed by atoms with van der Waals surface area (Å²) in [4.78, 5) is 22.5. The first-order valence-corrected chi connectivity index (χ1v) is 8.33. The molecule has 2 amide bonds. The minimum absolute atomic E-state index is 0.206. The van der Waals surface area contributed by atoms with Crippen LogP contribution in [0.3, 0.4) is 0 Å². The highest BCUT2D eigenvalue weighted by Gasteiger charge is 2.20. The van der Waals surface area contributed by atoms with Gasteiger partial charge in [0.2, 0.25) is 5.91 Å². The van der Waals surface area contributed by atoms with Gasteiger partial charge in [-0.05, 0) is 17.9 Å². The molecule has 0 radical (unpaired) electrons. The molecule has 5 nitrogen and oxygen atoms in total. The summed E-state index contributed by atoms with van der Waals surface area (Å²) in [5, 5.41) is 2.01. The maximum absolute atomic E-state index is 11.7. The zero-order chi connectivity index (χ0) is 17.4. The van der Waals surface area contributed by atoms with Gasteiger partial charge in [-0.25, -0.2) is 0 Å². The van der Waals surface area contributed by atoms with Gasteiger partial charge >= 0.3 is 0 Å². The van der Waals surface area contributed by atoms with Gasteiger partial charge in [0.1, 0.15) is 6.04 Å². The Morgan fingerprint density at radius 3 is 2.09 bits per heavy atom. The van der Waals surface area contributed by atoms with E-state index in [0.717, 1.165) is 6.42 Å². The number of benzene rings is 1. The lowest BCUT2D eigenvalue weighted by Gasteiger charge is -2.20. The number of amides is 2. The Morgan fingerprint density at radius 1 is 1.04 bits per heavy atom. The first-order chi connectivity index (χ1) is 10.8. The largest absolute Gasteiger partial charge is 0.332 e. The highest BCUT2D eigenvalue weighted by molar-refractivity contribution is 5.81. The van der Waals surface area contributed by atoms with Crippen molar-refractivity contribution in [2.24, 2.45) is 5.92 Å². The monoisotopic (exact) mass is 320 g/mol. The van der Waals surface area contributed by atoms with Gasteiger partial charge in [0.05, 0.1) is 0 Å². The molecule has 23 heavy (non-hydrogen) atoms. The molecule has 5 heteroatoms. The fraction of sp³-hybridized carbons (Fsp3) is 0.556. The van der Waals surface area contributed by atoms with E-state index in [4.69, 9.17) is 0 Å². The van der Waals surface area contributed by atoms with E-state index in [2.05, 4.69) is 62.8 Å². The molecule has 0 heterocycles. The number of hydrazine groups is 1. The van der Waals surface area contributed by atoms with E-state index in [0.29, 0.717) is 11.8 Å². The molecule has 4 N–H and O–H groups in total. The third-order valence-corrected chi connectivity index (χ3v) is 4.16. The van der Waals surface area contributed by atoms with E-state index in [1.54, 1.807) is 0 Å². The van der Waals surface area contributed by atoms with Crippen molar-refractivity contribution in [3.8, 4) is 0 Å². The van der Waals surface area contributed by atoms with Crippen LogP contribution >= 0.6 is 0 Å². The maximum atomic E-state index is 11.7. The topological polar surface area (TPSA) is 74.8 Å². The average Bonchev–Trinajstić information content (AvgIpc) is 2.52. The van der Waals surface area contributed by atoms with Crippen LogP contribution in [0.5, 0.6) is 0 Å². The fourth-order valence-electron chi connectivity index (χ4n) is 2.52. The van der Waals surface area contributed by atoms with Gasteiger partial charge in [-0.15, -0.1) is 0 Å². The molecular formula is C18H30N3O2+. The van der Waals surface area contributed by atoms with Crippen molar-refractivity contribution in [3.63, 3.8) is 0 Å². The van der Waals surface area contributed by atoms with Crippen LogP contribution in [0.15, 0.2) is 24.3 Å². The third-order valence-electron chi connectivity index (χ3n) is 4.16. The summed E-state index contributed by atoms with van der Waals surface area (Å²) >= 11 is 0. The Kier molecular flexibility index (Phi) is 7.75. The summed E-state index contributed by atoms with van der Waals surface area (Å²) in [7, 11) is 0. The Labute approximate surface area is 139 Å². The molecule has 0 spiro atoms. The number of hydrogen-bond donors (Lipinski definition) is 3. The fourth-order valence-corrected chi connectivity index (χ4v) is 2.52. The molecule has 1 aromatic carbocycles. The van der Waals surface area contributed by atoms with Crippen molar-refractivity contribution in [2.45, 2.75) is 53.0 Å². The van der Waals surface area contributed by atoms with E-state index < -0.39 is 0 Å². The molecular weight excluding hydrogens is 290 g/mol. The van der Waals surface area contributed by atoms with Crippen molar-refractivity contribution < 1.29 is 14.9 Å². The van der Waals surface area contributed by atoms with Gasteiger partial charge in [-0.2, -0.15) is 0 Å². The van der Waals surface area contributed by atoms with E-state index in [9.17, 15) is 9.59 Å². The van der Waals surface area contributed by atoms with Crippen LogP contribution in [0.2, 0.25) is 0 Å². The maximum Gasteiger partial charge on any atom is 0.293 e. The van der Waals surface area contributed by atoms with Crippen LogP contribution in [-0.2, 0) is 9.59 Å². The molecule has 0 aliphatic heterocycles. The molecule has 0 aliphatic carbocycles. The number of carbonyl (C=O) groups is 2. The van der Waals surface area contributed by atoms with Crippen molar-refractivity contribution in [1.29, 1.82) is 0 Å². The molecule has 0 aromatic heterocycles. The summed E-state index contributed by atoms with van der Waals surface area (Å²) in [6.07, 6.45) is 1.13. The van der Waals surface area contributed by atoms with E-state index in [1.165, 1.54) is 18.1 Å². The van der Waals surface area contributed by atoms with Crippen LogP contribution in [0.1, 0.15) is 64.1 Å². The second kappa shape index (κ2) is 9.30. The number of hydrogen-bond acceptors (Lipinski definition) is 2. The van der Waals surface area contributed by atoms with Crippen LogP contribution in [0, 0.1) is 5.92 Å². The normalized spacial score (nSPS) is 13.5. The van der Waals surface area contributed by atoms with E-state index >= 15 is 0 Å². The second-order valence-corrected chi connectivity index (χ2v) is 6.41. The van der Waals surface area contributed by atoms with Gasteiger partial charge in [0, 0.05) is 18.4 Å².